The molecule has 0 spiro atoms. The second kappa shape index (κ2) is 7.24. The van der Waals surface area contributed by atoms with Crippen LogP contribution in [0.15, 0.2) is 53.2 Å². The molecule has 0 saturated carbocycles. The van der Waals surface area contributed by atoms with Gasteiger partial charge < -0.3 is 9.15 Å². The maximum atomic E-state index is 12.6. The summed E-state index contributed by atoms with van der Waals surface area (Å²) in [5.74, 6) is -0.445. The predicted octanol–water partition coefficient (Wildman–Crippen LogP) is 4.30. The van der Waals surface area contributed by atoms with Gasteiger partial charge in [-0.15, -0.1) is 11.3 Å². The number of aromatic nitrogens is 2. The predicted molar refractivity (Wildman–Crippen MR) is 106 cm³/mol. The van der Waals surface area contributed by atoms with Crippen molar-refractivity contribution < 1.29 is 18.7 Å². The molecule has 7 nitrogen and oxygen atoms in total. The first-order valence-corrected chi connectivity index (χ1v) is 9.19. The monoisotopic (exact) mass is 393 g/mol. The summed E-state index contributed by atoms with van der Waals surface area (Å²) in [6, 6.07) is 10.8. The molecule has 1 aromatic carbocycles. The molecule has 3 aromatic heterocycles. The number of carbonyl (C=O) groups excluding carboxylic acids is 2. The van der Waals surface area contributed by atoms with Gasteiger partial charge >= 0.3 is 5.97 Å². The Bertz CT molecular complexity index is 1150. The molecule has 0 fully saturated rings. The van der Waals surface area contributed by atoms with Crippen LogP contribution in [-0.2, 0) is 4.74 Å². The van der Waals surface area contributed by atoms with Gasteiger partial charge in [-0.1, -0.05) is 12.1 Å². The summed E-state index contributed by atoms with van der Waals surface area (Å²) in [7, 11) is 1.30. The first-order chi connectivity index (χ1) is 13.6. The summed E-state index contributed by atoms with van der Waals surface area (Å²) >= 11 is 1.40. The fraction of sp³-hybridized carbons (Fsp3) is 0.100. The quantitative estimate of drug-likeness (QED) is 0.520. The second-order valence-electron chi connectivity index (χ2n) is 5.91. The van der Waals surface area contributed by atoms with Gasteiger partial charge in [-0.25, -0.2) is 9.78 Å². The van der Waals surface area contributed by atoms with Gasteiger partial charge in [-0.3, -0.25) is 15.1 Å². The van der Waals surface area contributed by atoms with Crippen molar-refractivity contribution in [2.24, 2.45) is 0 Å². The van der Waals surface area contributed by atoms with Gasteiger partial charge in [0.25, 0.3) is 5.91 Å². The molecule has 28 heavy (non-hydrogen) atoms. The number of benzene rings is 1. The zero-order valence-electron chi connectivity index (χ0n) is 15.1. The van der Waals surface area contributed by atoms with Gasteiger partial charge in [0.1, 0.15) is 16.3 Å². The molecule has 0 saturated heterocycles. The Hall–Kier alpha value is -3.52. The van der Waals surface area contributed by atoms with Crippen molar-refractivity contribution in [2.45, 2.75) is 6.92 Å². The summed E-state index contributed by atoms with van der Waals surface area (Å²) < 4.78 is 11.6. The molecule has 0 aliphatic rings. The van der Waals surface area contributed by atoms with Gasteiger partial charge in [-0.05, 0) is 31.2 Å². The number of anilines is 1. The Morgan fingerprint density at radius 3 is 2.61 bits per heavy atom. The Morgan fingerprint density at radius 1 is 1.14 bits per heavy atom. The number of ether oxygens (including phenoxy) is 1. The average Bonchev–Trinajstić information content (AvgIpc) is 3.28. The van der Waals surface area contributed by atoms with Crippen LogP contribution in [0.2, 0.25) is 0 Å². The maximum Gasteiger partial charge on any atom is 0.342 e. The van der Waals surface area contributed by atoms with E-state index < -0.39 is 5.97 Å². The highest BCUT2D eigenvalue weighted by Crippen LogP contribution is 2.40. The molecule has 0 aliphatic heterocycles. The van der Waals surface area contributed by atoms with E-state index in [0.717, 1.165) is 10.2 Å². The number of pyridine rings is 1. The van der Waals surface area contributed by atoms with Crippen LogP contribution in [0.25, 0.3) is 20.8 Å². The standard InChI is InChI=1S/C20H15N3O4S/c1-11-15(20(25)26-2)16(19-22-13-5-3-4-6-14(13)28-19)18(27-11)23-17(24)12-7-9-21-10-8-12/h3-10H,1-2H3,(H,23,24). The van der Waals surface area contributed by atoms with E-state index in [-0.39, 0.29) is 17.4 Å². The number of methoxy groups -OCH3 is 1. The Labute approximate surface area is 164 Å². The van der Waals surface area contributed by atoms with E-state index in [2.05, 4.69) is 15.3 Å². The number of furan rings is 1. The topological polar surface area (TPSA) is 94.3 Å². The lowest BCUT2D eigenvalue weighted by molar-refractivity contribution is 0.0599. The number of thiazole rings is 1. The molecule has 4 aromatic rings. The van der Waals surface area contributed by atoms with Gasteiger partial charge in [0, 0.05) is 18.0 Å². The number of para-hydroxylation sites is 1. The molecule has 0 bridgehead atoms. The number of hydrogen-bond acceptors (Lipinski definition) is 7. The van der Waals surface area contributed by atoms with Crippen molar-refractivity contribution in [1.82, 2.24) is 9.97 Å². The lowest BCUT2D eigenvalue weighted by Gasteiger charge is -2.04. The third-order valence-corrected chi connectivity index (χ3v) is 5.21. The molecule has 140 valence electrons. The molecule has 0 aliphatic carbocycles. The zero-order chi connectivity index (χ0) is 19.7. The Kier molecular flexibility index (Phi) is 4.62. The van der Waals surface area contributed by atoms with Crippen molar-refractivity contribution >= 4 is 39.3 Å². The number of fused-ring (bicyclic) bond motifs is 1. The van der Waals surface area contributed by atoms with Gasteiger partial charge in [0.05, 0.1) is 22.9 Å². The number of nitrogens with zero attached hydrogens (tertiary/aromatic N) is 2. The highest BCUT2D eigenvalue weighted by atomic mass is 32.1. The van der Waals surface area contributed by atoms with E-state index in [1.807, 2.05) is 24.3 Å². The highest BCUT2D eigenvalue weighted by Gasteiger charge is 2.28. The number of nitrogens with one attached hydrogen (secondary N) is 1. The molecule has 0 unspecified atom stereocenters. The molecule has 0 radical (unpaired) electrons. The highest BCUT2D eigenvalue weighted by molar-refractivity contribution is 7.21. The van der Waals surface area contributed by atoms with Crippen molar-refractivity contribution in [3.05, 3.63) is 65.7 Å². The van der Waals surface area contributed by atoms with Crippen molar-refractivity contribution in [2.75, 3.05) is 12.4 Å². The number of amides is 1. The summed E-state index contributed by atoms with van der Waals surface area (Å²) in [4.78, 5) is 33.5. The number of aryl methyl sites for hydroxylation is 1. The number of rotatable bonds is 4. The van der Waals surface area contributed by atoms with E-state index in [9.17, 15) is 9.59 Å². The number of hydrogen-bond donors (Lipinski definition) is 1. The van der Waals surface area contributed by atoms with E-state index in [4.69, 9.17) is 9.15 Å². The van der Waals surface area contributed by atoms with E-state index >= 15 is 0 Å². The fourth-order valence-corrected chi connectivity index (χ4v) is 3.86. The molecule has 1 amide bonds. The van der Waals surface area contributed by atoms with Gasteiger partial charge in [0.15, 0.2) is 0 Å². The van der Waals surface area contributed by atoms with Crippen molar-refractivity contribution in [3.63, 3.8) is 0 Å². The minimum Gasteiger partial charge on any atom is -0.465 e. The molecule has 3 heterocycles. The second-order valence-corrected chi connectivity index (χ2v) is 6.94. The van der Waals surface area contributed by atoms with Crippen molar-refractivity contribution in [1.29, 1.82) is 0 Å². The number of carbonyl (C=O) groups is 2. The maximum absolute atomic E-state index is 12.6. The first kappa shape index (κ1) is 17.9. The average molecular weight is 393 g/mol. The minimum absolute atomic E-state index is 0.152. The van der Waals surface area contributed by atoms with Crippen LogP contribution in [0.3, 0.4) is 0 Å². The van der Waals surface area contributed by atoms with Crippen LogP contribution < -0.4 is 5.32 Å². The van der Waals surface area contributed by atoms with E-state index in [1.54, 1.807) is 19.1 Å². The molecular formula is C20H15N3O4S. The smallest absolute Gasteiger partial charge is 0.342 e. The minimum atomic E-state index is -0.556. The summed E-state index contributed by atoms with van der Waals surface area (Å²) in [5, 5.41) is 3.29. The molecule has 4 rings (SSSR count). The normalized spacial score (nSPS) is 10.8. The zero-order valence-corrected chi connectivity index (χ0v) is 15.9. The van der Waals surface area contributed by atoms with Crippen LogP contribution in [0.5, 0.6) is 0 Å². The van der Waals surface area contributed by atoms with Crippen LogP contribution in [0.4, 0.5) is 5.88 Å². The lowest BCUT2D eigenvalue weighted by atomic mass is 10.1. The summed E-state index contributed by atoms with van der Waals surface area (Å²) in [5.41, 5.74) is 1.86. The van der Waals surface area contributed by atoms with Gasteiger partial charge in [-0.2, -0.15) is 0 Å². The SMILES string of the molecule is COC(=O)c1c(C)oc(NC(=O)c2ccncc2)c1-c1nc2ccccc2s1. The summed E-state index contributed by atoms with van der Waals surface area (Å²) in [6.45, 7) is 1.64. The third-order valence-electron chi connectivity index (χ3n) is 4.15. The first-order valence-electron chi connectivity index (χ1n) is 8.37. The molecular weight excluding hydrogens is 378 g/mol. The molecule has 8 heteroatoms. The molecule has 0 atom stereocenters. The largest absolute Gasteiger partial charge is 0.465 e. The molecule has 1 N–H and O–H groups in total. The third kappa shape index (κ3) is 3.14. The van der Waals surface area contributed by atoms with E-state index in [1.165, 1.54) is 30.8 Å². The number of esters is 1. The van der Waals surface area contributed by atoms with Crippen LogP contribution in [-0.4, -0.2) is 29.0 Å². The van der Waals surface area contributed by atoms with Crippen LogP contribution in [0.1, 0.15) is 26.5 Å². The van der Waals surface area contributed by atoms with Crippen molar-refractivity contribution in [3.8, 4) is 10.6 Å². The summed E-state index contributed by atoms with van der Waals surface area (Å²) in [6.07, 6.45) is 3.05. The van der Waals surface area contributed by atoms with Gasteiger partial charge in [0.2, 0.25) is 5.88 Å². The Morgan fingerprint density at radius 2 is 1.89 bits per heavy atom. The van der Waals surface area contributed by atoms with Crippen LogP contribution in [0, 0.1) is 6.92 Å². The fourth-order valence-electron chi connectivity index (χ4n) is 2.84. The van der Waals surface area contributed by atoms with Crippen LogP contribution >= 0.6 is 11.3 Å². The Balaban J connectivity index is 1.84. The van der Waals surface area contributed by atoms with E-state index in [0.29, 0.717) is 21.9 Å². The lowest BCUT2D eigenvalue weighted by Crippen LogP contribution is -2.12.